The highest BCUT2D eigenvalue weighted by Crippen LogP contribution is 2.22. The molecule has 4 heteroatoms. The third-order valence-electron chi connectivity index (χ3n) is 5.72. The standard InChI is InChI=1S/C25H23N3O/c29-25(27-15-14-20-10-4-5-11-21(20)17-27)18-28-23-13-7-6-12-22(23)26-24(28)16-19-8-2-1-3-9-19/h1-13H,14-18H2. The molecule has 2 heterocycles. The molecule has 0 spiro atoms. The Morgan fingerprint density at radius 2 is 1.59 bits per heavy atom. The average molecular weight is 381 g/mol. The first-order chi connectivity index (χ1) is 14.3. The van der Waals surface area contributed by atoms with Gasteiger partial charge in [0.15, 0.2) is 0 Å². The minimum atomic E-state index is 0.150. The predicted molar refractivity (Wildman–Crippen MR) is 115 cm³/mol. The number of hydrogen-bond acceptors (Lipinski definition) is 2. The number of rotatable bonds is 4. The molecule has 144 valence electrons. The second-order valence-electron chi connectivity index (χ2n) is 7.60. The Hall–Kier alpha value is -3.40. The van der Waals surface area contributed by atoms with Gasteiger partial charge in [0.2, 0.25) is 5.91 Å². The number of imidazole rings is 1. The molecule has 0 radical (unpaired) electrons. The number of benzene rings is 3. The molecule has 1 aliphatic heterocycles. The van der Waals surface area contributed by atoms with Crippen LogP contribution in [-0.2, 0) is 30.7 Å². The van der Waals surface area contributed by atoms with Crippen LogP contribution in [0.25, 0.3) is 11.0 Å². The van der Waals surface area contributed by atoms with Crippen molar-refractivity contribution in [3.8, 4) is 0 Å². The van der Waals surface area contributed by atoms with Crippen LogP contribution in [0.2, 0.25) is 0 Å². The molecule has 0 saturated heterocycles. The summed E-state index contributed by atoms with van der Waals surface area (Å²) in [6.07, 6.45) is 1.63. The summed E-state index contributed by atoms with van der Waals surface area (Å²) in [7, 11) is 0. The fourth-order valence-electron chi connectivity index (χ4n) is 4.16. The van der Waals surface area contributed by atoms with E-state index in [-0.39, 0.29) is 5.91 Å². The van der Waals surface area contributed by atoms with Gasteiger partial charge in [-0.3, -0.25) is 4.79 Å². The average Bonchev–Trinajstić information content (AvgIpc) is 3.11. The van der Waals surface area contributed by atoms with E-state index in [0.29, 0.717) is 19.5 Å². The van der Waals surface area contributed by atoms with Crippen LogP contribution >= 0.6 is 0 Å². The van der Waals surface area contributed by atoms with E-state index in [4.69, 9.17) is 4.98 Å². The van der Waals surface area contributed by atoms with Crippen molar-refractivity contribution in [3.05, 3.63) is 101 Å². The molecule has 3 aromatic carbocycles. The second-order valence-corrected chi connectivity index (χ2v) is 7.60. The van der Waals surface area contributed by atoms with Crippen molar-refractivity contribution in [2.45, 2.75) is 25.9 Å². The maximum Gasteiger partial charge on any atom is 0.242 e. The topological polar surface area (TPSA) is 38.1 Å². The smallest absolute Gasteiger partial charge is 0.242 e. The largest absolute Gasteiger partial charge is 0.336 e. The fraction of sp³-hybridized carbons (Fsp3) is 0.200. The Morgan fingerprint density at radius 1 is 0.862 bits per heavy atom. The highest BCUT2D eigenvalue weighted by Gasteiger charge is 2.22. The van der Waals surface area contributed by atoms with Crippen molar-refractivity contribution in [1.82, 2.24) is 14.5 Å². The van der Waals surface area contributed by atoms with Crippen molar-refractivity contribution in [2.75, 3.05) is 6.54 Å². The number of fused-ring (bicyclic) bond motifs is 2. The van der Waals surface area contributed by atoms with Crippen LogP contribution in [0, 0.1) is 0 Å². The van der Waals surface area contributed by atoms with Gasteiger partial charge in [0.05, 0.1) is 11.0 Å². The van der Waals surface area contributed by atoms with Crippen molar-refractivity contribution in [2.24, 2.45) is 0 Å². The molecule has 5 rings (SSSR count). The van der Waals surface area contributed by atoms with Crippen molar-refractivity contribution < 1.29 is 4.79 Å². The van der Waals surface area contributed by atoms with E-state index >= 15 is 0 Å². The van der Waals surface area contributed by atoms with Gasteiger partial charge in [-0.05, 0) is 35.2 Å². The summed E-state index contributed by atoms with van der Waals surface area (Å²) < 4.78 is 2.09. The minimum Gasteiger partial charge on any atom is -0.336 e. The summed E-state index contributed by atoms with van der Waals surface area (Å²) in [4.78, 5) is 20.0. The first kappa shape index (κ1) is 17.7. The molecule has 0 unspecified atom stereocenters. The molecule has 1 amide bonds. The molecule has 0 atom stereocenters. The number of para-hydroxylation sites is 2. The molecule has 0 bridgehead atoms. The van der Waals surface area contributed by atoms with Gasteiger partial charge >= 0.3 is 0 Å². The van der Waals surface area contributed by atoms with Crippen molar-refractivity contribution in [3.63, 3.8) is 0 Å². The van der Waals surface area contributed by atoms with Crippen LogP contribution in [0.15, 0.2) is 78.9 Å². The Kier molecular flexibility index (Phi) is 4.60. The summed E-state index contributed by atoms with van der Waals surface area (Å²) >= 11 is 0. The normalized spacial score (nSPS) is 13.4. The zero-order valence-corrected chi connectivity index (χ0v) is 16.3. The third-order valence-corrected chi connectivity index (χ3v) is 5.72. The summed E-state index contributed by atoms with van der Waals surface area (Å²) in [5.41, 5.74) is 5.77. The molecule has 0 fully saturated rings. The molecule has 4 nitrogen and oxygen atoms in total. The van der Waals surface area contributed by atoms with Gasteiger partial charge in [0, 0.05) is 19.5 Å². The molecule has 1 aromatic heterocycles. The van der Waals surface area contributed by atoms with E-state index in [2.05, 4.69) is 41.0 Å². The predicted octanol–water partition coefficient (Wildman–Crippen LogP) is 4.21. The van der Waals surface area contributed by atoms with Gasteiger partial charge in [0.25, 0.3) is 0 Å². The Labute approximate surface area is 170 Å². The van der Waals surface area contributed by atoms with Crippen molar-refractivity contribution in [1.29, 1.82) is 0 Å². The number of nitrogens with zero attached hydrogens (tertiary/aromatic N) is 3. The maximum absolute atomic E-state index is 13.2. The number of aromatic nitrogens is 2. The molecule has 0 N–H and O–H groups in total. The molecular weight excluding hydrogens is 358 g/mol. The second kappa shape index (κ2) is 7.55. The lowest BCUT2D eigenvalue weighted by molar-refractivity contribution is -0.132. The van der Waals surface area contributed by atoms with Crippen LogP contribution < -0.4 is 0 Å². The molecule has 0 saturated carbocycles. The summed E-state index contributed by atoms with van der Waals surface area (Å²) in [5.74, 6) is 1.08. The van der Waals surface area contributed by atoms with Gasteiger partial charge < -0.3 is 9.47 Å². The number of carbonyl (C=O) groups excluding carboxylic acids is 1. The molecule has 4 aromatic rings. The summed E-state index contributed by atoms with van der Waals surface area (Å²) in [6, 6.07) is 26.8. The lowest BCUT2D eigenvalue weighted by Gasteiger charge is -2.29. The summed E-state index contributed by atoms with van der Waals surface area (Å²) in [6.45, 7) is 1.79. The SMILES string of the molecule is O=C(Cn1c(Cc2ccccc2)nc2ccccc21)N1CCc2ccccc2C1. The lowest BCUT2D eigenvalue weighted by Crippen LogP contribution is -2.38. The third kappa shape index (κ3) is 3.54. The van der Waals surface area contributed by atoms with E-state index in [1.54, 1.807) is 0 Å². The fourth-order valence-corrected chi connectivity index (χ4v) is 4.16. The van der Waals surface area contributed by atoms with Gasteiger partial charge in [0.1, 0.15) is 12.4 Å². The highest BCUT2D eigenvalue weighted by atomic mass is 16.2. The minimum absolute atomic E-state index is 0.150. The Morgan fingerprint density at radius 3 is 2.45 bits per heavy atom. The first-order valence-electron chi connectivity index (χ1n) is 10.1. The van der Waals surface area contributed by atoms with E-state index < -0.39 is 0 Å². The van der Waals surface area contributed by atoms with E-state index in [1.807, 2.05) is 47.4 Å². The first-order valence-corrected chi connectivity index (χ1v) is 10.1. The molecule has 29 heavy (non-hydrogen) atoms. The summed E-state index contributed by atoms with van der Waals surface area (Å²) in [5, 5.41) is 0. The van der Waals surface area contributed by atoms with Gasteiger partial charge in [-0.2, -0.15) is 0 Å². The number of carbonyl (C=O) groups is 1. The van der Waals surface area contributed by atoms with Gasteiger partial charge in [-0.25, -0.2) is 4.98 Å². The van der Waals surface area contributed by atoms with E-state index in [1.165, 1.54) is 16.7 Å². The molecular formula is C25H23N3O. The Balaban J connectivity index is 1.43. The van der Waals surface area contributed by atoms with Gasteiger partial charge in [-0.1, -0.05) is 66.7 Å². The van der Waals surface area contributed by atoms with E-state index in [0.717, 1.165) is 29.8 Å². The van der Waals surface area contributed by atoms with Crippen LogP contribution in [0.3, 0.4) is 0 Å². The lowest BCUT2D eigenvalue weighted by atomic mass is 10.00. The molecule has 0 aliphatic carbocycles. The Bertz CT molecular complexity index is 1160. The number of hydrogen-bond donors (Lipinski definition) is 0. The molecule has 1 aliphatic rings. The van der Waals surface area contributed by atoms with Crippen LogP contribution in [0.5, 0.6) is 0 Å². The van der Waals surface area contributed by atoms with Crippen molar-refractivity contribution >= 4 is 16.9 Å². The van der Waals surface area contributed by atoms with E-state index in [9.17, 15) is 4.79 Å². The van der Waals surface area contributed by atoms with Gasteiger partial charge in [-0.15, -0.1) is 0 Å². The zero-order valence-electron chi connectivity index (χ0n) is 16.3. The van der Waals surface area contributed by atoms with Crippen LogP contribution in [-0.4, -0.2) is 26.9 Å². The maximum atomic E-state index is 13.2. The van der Waals surface area contributed by atoms with Crippen LogP contribution in [0.1, 0.15) is 22.5 Å². The number of amides is 1. The highest BCUT2D eigenvalue weighted by molar-refractivity contribution is 5.81. The van der Waals surface area contributed by atoms with Crippen LogP contribution in [0.4, 0.5) is 0 Å². The zero-order chi connectivity index (χ0) is 19.6. The monoisotopic (exact) mass is 381 g/mol. The quantitative estimate of drug-likeness (QED) is 0.531.